The highest BCUT2D eigenvalue weighted by molar-refractivity contribution is 5.99. The molecule has 2 aliphatic rings. The van der Waals surface area contributed by atoms with Gasteiger partial charge in [-0.05, 0) is 50.6 Å². The summed E-state index contributed by atoms with van der Waals surface area (Å²) in [4.78, 5) is 35.8. The van der Waals surface area contributed by atoms with E-state index in [-0.39, 0.29) is 11.8 Å². The van der Waals surface area contributed by atoms with Gasteiger partial charge in [0.05, 0.1) is 12.7 Å². The first-order valence-electron chi connectivity index (χ1n) is 11.0. The molecule has 1 atom stereocenters. The van der Waals surface area contributed by atoms with Crippen LogP contribution in [0.2, 0.25) is 0 Å². The first-order chi connectivity index (χ1) is 14.4. The van der Waals surface area contributed by atoms with Crippen LogP contribution in [0.3, 0.4) is 0 Å². The van der Waals surface area contributed by atoms with Crippen molar-refractivity contribution >= 4 is 17.5 Å². The molecule has 162 valence electrons. The largest absolute Gasteiger partial charge is 0.348 e. The van der Waals surface area contributed by atoms with Crippen molar-refractivity contribution in [3.8, 4) is 0 Å². The Morgan fingerprint density at radius 1 is 1.10 bits per heavy atom. The maximum atomic E-state index is 13.1. The van der Waals surface area contributed by atoms with E-state index in [0.717, 1.165) is 50.9 Å². The highest BCUT2D eigenvalue weighted by atomic mass is 16.2. The molecule has 0 N–H and O–H groups in total. The first kappa shape index (κ1) is 20.8. The molecule has 8 heteroatoms. The van der Waals surface area contributed by atoms with Gasteiger partial charge in [0.25, 0.3) is 5.91 Å². The van der Waals surface area contributed by atoms with Gasteiger partial charge in [-0.2, -0.15) is 5.10 Å². The summed E-state index contributed by atoms with van der Waals surface area (Å²) in [6.45, 7) is 4.96. The van der Waals surface area contributed by atoms with Gasteiger partial charge >= 0.3 is 0 Å². The second-order valence-corrected chi connectivity index (χ2v) is 8.91. The standard InChI is InChI=1S/C22H32N6O2/c1-16-12-23-21-18(13-24-28(21)14-16)22(30)26-10-7-17(8-11-26)19-6-4-5-9-27(19)15-20(29)25(2)3/h12-14,17,19H,4-11,15H2,1-3H3/t19-/m1/s1. The van der Waals surface area contributed by atoms with Gasteiger partial charge in [0, 0.05) is 45.6 Å². The van der Waals surface area contributed by atoms with Crippen LogP contribution in [-0.4, -0.2) is 87.4 Å². The van der Waals surface area contributed by atoms with Gasteiger partial charge in [-0.15, -0.1) is 0 Å². The van der Waals surface area contributed by atoms with Crippen LogP contribution in [-0.2, 0) is 4.79 Å². The summed E-state index contributed by atoms with van der Waals surface area (Å²) >= 11 is 0. The van der Waals surface area contributed by atoms with Gasteiger partial charge in [0.15, 0.2) is 5.65 Å². The summed E-state index contributed by atoms with van der Waals surface area (Å²) in [5.41, 5.74) is 2.20. The molecule has 0 unspecified atom stereocenters. The second-order valence-electron chi connectivity index (χ2n) is 8.91. The van der Waals surface area contributed by atoms with E-state index in [1.807, 2.05) is 32.1 Å². The minimum atomic E-state index is 0.0167. The zero-order chi connectivity index (χ0) is 21.3. The van der Waals surface area contributed by atoms with Crippen molar-refractivity contribution in [2.45, 2.75) is 45.1 Å². The summed E-state index contributed by atoms with van der Waals surface area (Å²) in [5.74, 6) is 0.724. The SMILES string of the molecule is Cc1cnc2c(C(=O)N3CCC([C@H]4CCCCN4CC(=O)N(C)C)CC3)cnn2c1. The molecule has 2 saturated heterocycles. The van der Waals surface area contributed by atoms with Gasteiger partial charge in [-0.3, -0.25) is 14.5 Å². The number of nitrogens with zero attached hydrogens (tertiary/aromatic N) is 6. The van der Waals surface area contributed by atoms with Crippen LogP contribution in [0.15, 0.2) is 18.6 Å². The lowest BCUT2D eigenvalue weighted by Crippen LogP contribution is -2.51. The monoisotopic (exact) mass is 412 g/mol. The van der Waals surface area contributed by atoms with E-state index in [0.29, 0.717) is 29.7 Å². The molecule has 0 saturated carbocycles. The molecule has 0 radical (unpaired) electrons. The molecule has 0 bridgehead atoms. The van der Waals surface area contributed by atoms with E-state index in [4.69, 9.17) is 0 Å². The molecule has 4 rings (SSSR count). The van der Waals surface area contributed by atoms with E-state index >= 15 is 0 Å². The number of hydrogen-bond acceptors (Lipinski definition) is 5. The van der Waals surface area contributed by atoms with Crippen molar-refractivity contribution in [1.82, 2.24) is 29.3 Å². The molecule has 2 aliphatic heterocycles. The van der Waals surface area contributed by atoms with Crippen LogP contribution in [0.25, 0.3) is 5.65 Å². The number of likely N-dealkylation sites (tertiary alicyclic amines) is 2. The molecule has 8 nitrogen and oxygen atoms in total. The van der Waals surface area contributed by atoms with Crippen molar-refractivity contribution < 1.29 is 9.59 Å². The lowest BCUT2D eigenvalue weighted by Gasteiger charge is -2.43. The van der Waals surface area contributed by atoms with Gasteiger partial charge in [-0.25, -0.2) is 9.50 Å². The van der Waals surface area contributed by atoms with Gasteiger partial charge in [0.2, 0.25) is 5.91 Å². The minimum absolute atomic E-state index is 0.0167. The smallest absolute Gasteiger partial charge is 0.259 e. The number of hydrogen-bond donors (Lipinski definition) is 0. The fourth-order valence-electron chi connectivity index (χ4n) is 4.84. The van der Waals surface area contributed by atoms with Crippen LogP contribution < -0.4 is 0 Å². The quantitative estimate of drug-likeness (QED) is 0.766. The molecule has 2 aromatic rings. The number of fused-ring (bicyclic) bond motifs is 1. The number of rotatable bonds is 4. The van der Waals surface area contributed by atoms with Crippen molar-refractivity contribution in [3.63, 3.8) is 0 Å². The predicted molar refractivity (Wildman–Crippen MR) is 114 cm³/mol. The number of piperidine rings is 2. The lowest BCUT2D eigenvalue weighted by atomic mass is 9.83. The Morgan fingerprint density at radius 3 is 2.60 bits per heavy atom. The highest BCUT2D eigenvalue weighted by Crippen LogP contribution is 2.31. The number of amides is 2. The predicted octanol–water partition coefficient (Wildman–Crippen LogP) is 1.83. The van der Waals surface area contributed by atoms with Crippen molar-refractivity contribution in [1.29, 1.82) is 0 Å². The Hall–Kier alpha value is -2.48. The van der Waals surface area contributed by atoms with Gasteiger partial charge in [0.1, 0.15) is 5.56 Å². The summed E-state index contributed by atoms with van der Waals surface area (Å²) < 4.78 is 1.68. The molecule has 2 fully saturated rings. The Bertz CT molecular complexity index is 915. The molecule has 0 aliphatic carbocycles. The molecule has 0 aromatic carbocycles. The Labute approximate surface area is 177 Å². The van der Waals surface area contributed by atoms with Crippen LogP contribution in [0, 0.1) is 12.8 Å². The zero-order valence-electron chi connectivity index (χ0n) is 18.3. The van der Waals surface area contributed by atoms with Crippen LogP contribution in [0.5, 0.6) is 0 Å². The third kappa shape index (κ3) is 4.19. The Morgan fingerprint density at radius 2 is 1.87 bits per heavy atom. The van der Waals surface area contributed by atoms with Crippen LogP contribution in [0.1, 0.15) is 48.0 Å². The lowest BCUT2D eigenvalue weighted by molar-refractivity contribution is -0.131. The fraction of sp³-hybridized carbons (Fsp3) is 0.636. The van der Waals surface area contributed by atoms with Crippen LogP contribution >= 0.6 is 0 Å². The molecule has 2 amide bonds. The Kier molecular flexibility index (Phi) is 6.04. The average molecular weight is 413 g/mol. The number of carbonyl (C=O) groups excluding carboxylic acids is 2. The third-order valence-electron chi connectivity index (χ3n) is 6.59. The average Bonchev–Trinajstić information content (AvgIpc) is 3.16. The third-order valence-corrected chi connectivity index (χ3v) is 6.59. The van der Waals surface area contributed by atoms with Crippen LogP contribution in [0.4, 0.5) is 0 Å². The molecular formula is C22H32N6O2. The van der Waals surface area contributed by atoms with E-state index in [1.54, 1.807) is 21.8 Å². The fourth-order valence-corrected chi connectivity index (χ4v) is 4.84. The first-order valence-corrected chi connectivity index (χ1v) is 11.0. The minimum Gasteiger partial charge on any atom is -0.348 e. The Balaban J connectivity index is 1.40. The molecule has 2 aromatic heterocycles. The van der Waals surface area contributed by atoms with E-state index in [9.17, 15) is 9.59 Å². The number of likely N-dealkylation sites (N-methyl/N-ethyl adjacent to an activating group) is 1. The highest BCUT2D eigenvalue weighted by Gasteiger charge is 2.35. The number of aryl methyl sites for hydroxylation is 1. The van der Waals surface area contributed by atoms with E-state index < -0.39 is 0 Å². The van der Waals surface area contributed by atoms with Crippen molar-refractivity contribution in [3.05, 3.63) is 29.7 Å². The summed E-state index contributed by atoms with van der Waals surface area (Å²) in [6.07, 6.45) is 10.8. The zero-order valence-corrected chi connectivity index (χ0v) is 18.3. The van der Waals surface area contributed by atoms with Gasteiger partial charge < -0.3 is 9.80 Å². The molecule has 0 spiro atoms. The number of carbonyl (C=O) groups is 2. The van der Waals surface area contributed by atoms with E-state index in [2.05, 4.69) is 15.0 Å². The molecular weight excluding hydrogens is 380 g/mol. The van der Waals surface area contributed by atoms with Crippen molar-refractivity contribution in [2.75, 3.05) is 40.3 Å². The molecule has 30 heavy (non-hydrogen) atoms. The topological polar surface area (TPSA) is 74.1 Å². The number of aromatic nitrogens is 3. The summed E-state index contributed by atoms with van der Waals surface area (Å²) in [7, 11) is 3.64. The van der Waals surface area contributed by atoms with E-state index in [1.165, 1.54) is 6.42 Å². The maximum absolute atomic E-state index is 13.1. The second kappa shape index (κ2) is 8.71. The maximum Gasteiger partial charge on any atom is 0.259 e. The summed E-state index contributed by atoms with van der Waals surface area (Å²) in [6, 6.07) is 0.446. The summed E-state index contributed by atoms with van der Waals surface area (Å²) in [5, 5.41) is 4.30. The van der Waals surface area contributed by atoms with Gasteiger partial charge in [-0.1, -0.05) is 6.42 Å². The molecule has 4 heterocycles. The van der Waals surface area contributed by atoms with Crippen molar-refractivity contribution in [2.24, 2.45) is 5.92 Å². The normalized spacial score (nSPS) is 21.2.